The van der Waals surface area contributed by atoms with Crippen molar-refractivity contribution in [2.75, 3.05) is 7.11 Å². The lowest BCUT2D eigenvalue weighted by molar-refractivity contribution is 0.0695. The van der Waals surface area contributed by atoms with Crippen molar-refractivity contribution in [3.05, 3.63) is 41.7 Å². The fourth-order valence-corrected chi connectivity index (χ4v) is 1.68. The molecule has 1 heterocycles. The third kappa shape index (κ3) is 2.01. The lowest BCUT2D eigenvalue weighted by Gasteiger charge is -2.04. The minimum absolute atomic E-state index is 0.172. The zero-order valence-electron chi connectivity index (χ0n) is 9.56. The number of aromatic carboxylic acids is 1. The Hall–Kier alpha value is -2.23. The molecule has 1 aromatic carbocycles. The average molecular weight is 232 g/mol. The van der Waals surface area contributed by atoms with Crippen LogP contribution in [0.2, 0.25) is 0 Å². The van der Waals surface area contributed by atoms with Crippen molar-refractivity contribution >= 4 is 5.97 Å². The number of rotatable bonds is 3. The summed E-state index contributed by atoms with van der Waals surface area (Å²) in [5.74, 6) is 0.543. The van der Waals surface area contributed by atoms with E-state index in [2.05, 4.69) is 0 Å². The van der Waals surface area contributed by atoms with Gasteiger partial charge >= 0.3 is 5.97 Å². The first kappa shape index (κ1) is 11.3. The van der Waals surface area contributed by atoms with Gasteiger partial charge in [0.2, 0.25) is 0 Å². The highest BCUT2D eigenvalue weighted by molar-refractivity contribution is 5.90. The molecule has 0 saturated carbocycles. The molecule has 0 fully saturated rings. The van der Waals surface area contributed by atoms with Crippen LogP contribution < -0.4 is 4.74 Å². The van der Waals surface area contributed by atoms with Gasteiger partial charge in [0.25, 0.3) is 0 Å². The maximum Gasteiger partial charge on any atom is 0.339 e. The molecule has 0 amide bonds. The van der Waals surface area contributed by atoms with E-state index < -0.39 is 5.97 Å². The fourth-order valence-electron chi connectivity index (χ4n) is 1.68. The van der Waals surface area contributed by atoms with Crippen LogP contribution in [0.15, 0.2) is 34.7 Å². The lowest BCUT2D eigenvalue weighted by atomic mass is 10.1. The smallest absolute Gasteiger partial charge is 0.339 e. The van der Waals surface area contributed by atoms with Crippen LogP contribution in [0.25, 0.3) is 11.3 Å². The van der Waals surface area contributed by atoms with Gasteiger partial charge < -0.3 is 14.3 Å². The predicted octanol–water partition coefficient (Wildman–Crippen LogP) is 2.96. The Morgan fingerprint density at radius 3 is 2.65 bits per heavy atom. The molecule has 0 unspecified atom stereocenters. The second-order valence-corrected chi connectivity index (χ2v) is 3.59. The molecular formula is C13H12O4. The molecule has 1 aromatic heterocycles. The van der Waals surface area contributed by atoms with E-state index in [0.29, 0.717) is 17.3 Å². The molecule has 0 radical (unpaired) electrons. The van der Waals surface area contributed by atoms with E-state index in [0.717, 1.165) is 5.56 Å². The third-order valence-corrected chi connectivity index (χ3v) is 2.52. The number of benzene rings is 1. The molecule has 4 heteroatoms. The summed E-state index contributed by atoms with van der Waals surface area (Å²) in [7, 11) is 1.56. The Kier molecular flexibility index (Phi) is 2.87. The summed E-state index contributed by atoms with van der Waals surface area (Å²) in [5.41, 5.74) is 0.913. The van der Waals surface area contributed by atoms with Gasteiger partial charge in [0.15, 0.2) is 0 Å². The molecule has 0 atom stereocenters. The van der Waals surface area contributed by atoms with Crippen LogP contribution in [-0.2, 0) is 0 Å². The van der Waals surface area contributed by atoms with Gasteiger partial charge in [0.1, 0.15) is 22.8 Å². The summed E-state index contributed by atoms with van der Waals surface area (Å²) < 4.78 is 10.6. The molecular weight excluding hydrogens is 220 g/mol. The first-order valence-electron chi connectivity index (χ1n) is 5.10. The van der Waals surface area contributed by atoms with Gasteiger partial charge in [-0.15, -0.1) is 0 Å². The van der Waals surface area contributed by atoms with E-state index >= 15 is 0 Å². The zero-order chi connectivity index (χ0) is 12.4. The highest BCUT2D eigenvalue weighted by atomic mass is 16.5. The highest BCUT2D eigenvalue weighted by Crippen LogP contribution is 2.32. The second-order valence-electron chi connectivity index (χ2n) is 3.59. The van der Waals surface area contributed by atoms with Gasteiger partial charge in [0, 0.05) is 0 Å². The first-order chi connectivity index (χ1) is 8.13. The molecule has 0 aliphatic carbocycles. The fraction of sp³-hybridized carbons (Fsp3) is 0.154. The standard InChI is InChI=1S/C13H12O4/c1-8-10(13(14)15)7-12(17-8)9-5-3-4-6-11(9)16-2/h3-7H,1-2H3,(H,14,15). The molecule has 2 rings (SSSR count). The average Bonchev–Trinajstić information content (AvgIpc) is 2.71. The number of carbonyl (C=O) groups is 1. The summed E-state index contributed by atoms with van der Waals surface area (Å²) >= 11 is 0. The molecule has 0 aliphatic rings. The number of para-hydroxylation sites is 1. The van der Waals surface area contributed by atoms with E-state index in [4.69, 9.17) is 14.3 Å². The molecule has 0 aliphatic heterocycles. The van der Waals surface area contributed by atoms with Gasteiger partial charge in [-0.1, -0.05) is 12.1 Å². The Morgan fingerprint density at radius 2 is 2.06 bits per heavy atom. The Labute approximate surface area is 98.4 Å². The Morgan fingerprint density at radius 1 is 1.35 bits per heavy atom. The van der Waals surface area contributed by atoms with Crippen molar-refractivity contribution < 1.29 is 19.1 Å². The molecule has 17 heavy (non-hydrogen) atoms. The monoisotopic (exact) mass is 232 g/mol. The molecule has 4 nitrogen and oxygen atoms in total. The SMILES string of the molecule is COc1ccccc1-c1cc(C(=O)O)c(C)o1. The molecule has 1 N–H and O–H groups in total. The molecule has 0 saturated heterocycles. The summed E-state index contributed by atoms with van der Waals surface area (Å²) in [6.07, 6.45) is 0. The number of carboxylic acid groups (broad SMARTS) is 1. The van der Waals surface area contributed by atoms with Gasteiger partial charge in [-0.3, -0.25) is 0 Å². The Balaban J connectivity index is 2.53. The van der Waals surface area contributed by atoms with Crippen molar-refractivity contribution in [1.29, 1.82) is 0 Å². The number of ether oxygens (including phenoxy) is 1. The van der Waals surface area contributed by atoms with Crippen molar-refractivity contribution in [2.24, 2.45) is 0 Å². The van der Waals surface area contributed by atoms with Crippen molar-refractivity contribution in [3.8, 4) is 17.1 Å². The van der Waals surface area contributed by atoms with E-state index in [1.165, 1.54) is 6.07 Å². The van der Waals surface area contributed by atoms with Gasteiger partial charge in [-0.25, -0.2) is 4.79 Å². The van der Waals surface area contributed by atoms with E-state index in [-0.39, 0.29) is 5.56 Å². The quantitative estimate of drug-likeness (QED) is 0.883. The molecule has 0 bridgehead atoms. The minimum atomic E-state index is -0.993. The number of aryl methyl sites for hydroxylation is 1. The summed E-state index contributed by atoms with van der Waals surface area (Å²) in [4.78, 5) is 10.9. The van der Waals surface area contributed by atoms with Gasteiger partial charge in [-0.05, 0) is 25.1 Å². The summed E-state index contributed by atoms with van der Waals surface area (Å²) in [6, 6.07) is 8.82. The van der Waals surface area contributed by atoms with Crippen LogP contribution in [-0.4, -0.2) is 18.2 Å². The van der Waals surface area contributed by atoms with E-state index in [9.17, 15) is 4.79 Å². The van der Waals surface area contributed by atoms with Crippen LogP contribution in [0.1, 0.15) is 16.1 Å². The van der Waals surface area contributed by atoms with Crippen molar-refractivity contribution in [3.63, 3.8) is 0 Å². The number of hydrogen-bond donors (Lipinski definition) is 1. The lowest BCUT2D eigenvalue weighted by Crippen LogP contribution is -1.94. The minimum Gasteiger partial charge on any atom is -0.496 e. The van der Waals surface area contributed by atoms with Crippen LogP contribution in [0.5, 0.6) is 5.75 Å². The maximum atomic E-state index is 10.9. The van der Waals surface area contributed by atoms with Crippen molar-refractivity contribution in [2.45, 2.75) is 6.92 Å². The normalized spacial score (nSPS) is 10.2. The predicted molar refractivity (Wildman–Crippen MR) is 62.4 cm³/mol. The van der Waals surface area contributed by atoms with E-state index in [1.807, 2.05) is 18.2 Å². The number of carboxylic acids is 1. The molecule has 88 valence electrons. The van der Waals surface area contributed by atoms with Crippen LogP contribution in [0.4, 0.5) is 0 Å². The number of furan rings is 1. The largest absolute Gasteiger partial charge is 0.496 e. The van der Waals surface area contributed by atoms with Crippen LogP contribution >= 0.6 is 0 Å². The molecule has 2 aromatic rings. The second kappa shape index (κ2) is 4.33. The zero-order valence-corrected chi connectivity index (χ0v) is 9.56. The summed E-state index contributed by atoms with van der Waals surface area (Å²) in [6.45, 7) is 1.63. The van der Waals surface area contributed by atoms with Crippen molar-refractivity contribution in [1.82, 2.24) is 0 Å². The van der Waals surface area contributed by atoms with Crippen LogP contribution in [0, 0.1) is 6.92 Å². The topological polar surface area (TPSA) is 59.7 Å². The van der Waals surface area contributed by atoms with E-state index in [1.54, 1.807) is 20.1 Å². The summed E-state index contributed by atoms with van der Waals surface area (Å²) in [5, 5.41) is 8.96. The highest BCUT2D eigenvalue weighted by Gasteiger charge is 2.16. The Bertz CT molecular complexity index is 554. The maximum absolute atomic E-state index is 10.9. The third-order valence-electron chi connectivity index (χ3n) is 2.52. The van der Waals surface area contributed by atoms with Gasteiger partial charge in [0.05, 0.1) is 12.7 Å². The van der Waals surface area contributed by atoms with Gasteiger partial charge in [-0.2, -0.15) is 0 Å². The molecule has 0 spiro atoms. The number of methoxy groups -OCH3 is 1. The first-order valence-corrected chi connectivity index (χ1v) is 5.10. The van der Waals surface area contributed by atoms with Crippen LogP contribution in [0.3, 0.4) is 0 Å². The number of hydrogen-bond acceptors (Lipinski definition) is 3.